The van der Waals surface area contributed by atoms with Gasteiger partial charge in [0.15, 0.2) is 0 Å². The van der Waals surface area contributed by atoms with Crippen molar-refractivity contribution < 1.29 is 26.7 Å². The summed E-state index contributed by atoms with van der Waals surface area (Å²) in [6, 6.07) is 0.592. The average Bonchev–Trinajstić information content (AvgIpc) is 3.00. The Hall–Kier alpha value is -1.04. The van der Waals surface area contributed by atoms with E-state index < -0.39 is 33.3 Å². The molecular formula is C13H18F3N3O3S2. The summed E-state index contributed by atoms with van der Waals surface area (Å²) in [7, 11) is -4.16. The second kappa shape index (κ2) is 7.46. The van der Waals surface area contributed by atoms with Gasteiger partial charge in [0.05, 0.1) is 12.2 Å². The maximum Gasteiger partial charge on any atom is 0.420 e. The van der Waals surface area contributed by atoms with Gasteiger partial charge >= 0.3 is 6.18 Å². The Balaban J connectivity index is 2.40. The molecule has 1 unspecified atom stereocenters. The lowest BCUT2D eigenvalue weighted by Gasteiger charge is -2.22. The van der Waals surface area contributed by atoms with Gasteiger partial charge in [-0.05, 0) is 18.7 Å². The second-order valence-electron chi connectivity index (χ2n) is 5.25. The molecule has 2 heterocycles. The molecule has 0 aromatic carbocycles. The van der Waals surface area contributed by atoms with Crippen LogP contribution in [-0.4, -0.2) is 56.3 Å². The molecule has 24 heavy (non-hydrogen) atoms. The van der Waals surface area contributed by atoms with Crippen molar-refractivity contribution >= 4 is 27.6 Å². The third-order valence-electron chi connectivity index (χ3n) is 3.64. The number of aromatic nitrogens is 1. The number of halogens is 3. The minimum Gasteiger partial charge on any atom is -0.395 e. The first kappa shape index (κ1) is 19.3. The van der Waals surface area contributed by atoms with Crippen molar-refractivity contribution in [3.05, 3.63) is 17.8 Å². The highest BCUT2D eigenvalue weighted by Crippen LogP contribution is 2.38. The molecule has 136 valence electrons. The molecule has 0 spiro atoms. The lowest BCUT2D eigenvalue weighted by atomic mass is 10.2. The Labute approximate surface area is 142 Å². The number of anilines is 1. The van der Waals surface area contributed by atoms with Gasteiger partial charge in [-0.25, -0.2) is 18.1 Å². The molecule has 1 aliphatic rings. The van der Waals surface area contributed by atoms with Gasteiger partial charge in [0, 0.05) is 31.1 Å². The SMILES string of the molecule is CSC1CCN(c2ncc(S(=O)(=O)NCCO)cc2C(F)(F)F)C1. The molecule has 6 nitrogen and oxygen atoms in total. The zero-order valence-corrected chi connectivity index (χ0v) is 14.5. The number of pyridine rings is 1. The summed E-state index contributed by atoms with van der Waals surface area (Å²) in [5.74, 6) is -0.250. The van der Waals surface area contributed by atoms with Gasteiger partial charge in [-0.2, -0.15) is 24.9 Å². The normalized spacial score (nSPS) is 19.0. The molecule has 1 aromatic rings. The molecule has 0 amide bonds. The minimum atomic E-state index is -4.72. The van der Waals surface area contributed by atoms with E-state index in [4.69, 9.17) is 5.11 Å². The summed E-state index contributed by atoms with van der Waals surface area (Å²) in [6.07, 6.45) is -1.16. The predicted octanol–water partition coefficient (Wildman–Crippen LogP) is 1.31. The fraction of sp³-hybridized carbons (Fsp3) is 0.615. The summed E-state index contributed by atoms with van der Waals surface area (Å²) in [5, 5.41) is 8.89. The van der Waals surface area contributed by atoms with E-state index >= 15 is 0 Å². The third-order valence-corrected chi connectivity index (χ3v) is 6.12. The van der Waals surface area contributed by atoms with E-state index in [0.29, 0.717) is 19.2 Å². The zero-order chi connectivity index (χ0) is 18.0. The zero-order valence-electron chi connectivity index (χ0n) is 12.9. The Bertz CT molecular complexity index is 683. The van der Waals surface area contributed by atoms with Gasteiger partial charge < -0.3 is 10.0 Å². The highest BCUT2D eigenvalue weighted by Gasteiger charge is 2.38. The van der Waals surface area contributed by atoms with Gasteiger partial charge in [0.1, 0.15) is 10.7 Å². The summed E-state index contributed by atoms with van der Waals surface area (Å²) >= 11 is 1.58. The molecule has 0 saturated carbocycles. The number of thioether (sulfide) groups is 1. The van der Waals surface area contributed by atoms with Crippen molar-refractivity contribution in [3.63, 3.8) is 0 Å². The molecule has 1 atom stereocenters. The molecule has 1 aromatic heterocycles. The van der Waals surface area contributed by atoms with Crippen LogP contribution < -0.4 is 9.62 Å². The highest BCUT2D eigenvalue weighted by molar-refractivity contribution is 7.99. The van der Waals surface area contributed by atoms with Crippen LogP contribution in [-0.2, 0) is 16.2 Å². The van der Waals surface area contributed by atoms with E-state index in [2.05, 4.69) is 4.98 Å². The lowest BCUT2D eigenvalue weighted by Crippen LogP contribution is -2.29. The largest absolute Gasteiger partial charge is 0.420 e. The van der Waals surface area contributed by atoms with Crippen molar-refractivity contribution in [2.75, 3.05) is 37.4 Å². The number of sulfonamides is 1. The van der Waals surface area contributed by atoms with E-state index in [1.165, 1.54) is 4.90 Å². The quantitative estimate of drug-likeness (QED) is 0.769. The molecule has 1 aliphatic heterocycles. The Kier molecular flexibility index (Phi) is 6.00. The number of nitrogens with zero attached hydrogens (tertiary/aromatic N) is 2. The van der Waals surface area contributed by atoms with Crippen molar-refractivity contribution in [2.45, 2.75) is 22.7 Å². The Morgan fingerprint density at radius 1 is 1.50 bits per heavy atom. The topological polar surface area (TPSA) is 82.5 Å². The maximum absolute atomic E-state index is 13.4. The van der Waals surface area contributed by atoms with Gasteiger partial charge in [0.25, 0.3) is 0 Å². The fourth-order valence-corrected chi connectivity index (χ4v) is 4.08. The average molecular weight is 385 g/mol. The highest BCUT2D eigenvalue weighted by atomic mass is 32.2. The van der Waals surface area contributed by atoms with Crippen LogP contribution in [0, 0.1) is 0 Å². The number of rotatable bonds is 6. The summed E-state index contributed by atoms with van der Waals surface area (Å²) in [6.45, 7) is 0.135. The monoisotopic (exact) mass is 385 g/mol. The molecule has 2 N–H and O–H groups in total. The first-order valence-corrected chi connectivity index (χ1v) is 9.91. The van der Waals surface area contributed by atoms with Gasteiger partial charge in [-0.15, -0.1) is 0 Å². The van der Waals surface area contributed by atoms with Crippen LogP contribution in [0.15, 0.2) is 17.2 Å². The molecule has 1 saturated heterocycles. The number of aliphatic hydroxyl groups excluding tert-OH is 1. The predicted molar refractivity (Wildman–Crippen MR) is 85.6 cm³/mol. The van der Waals surface area contributed by atoms with Crippen LogP contribution in [0.1, 0.15) is 12.0 Å². The van der Waals surface area contributed by atoms with Crippen LogP contribution in [0.25, 0.3) is 0 Å². The molecule has 1 fully saturated rings. The van der Waals surface area contributed by atoms with Crippen molar-refractivity contribution in [2.24, 2.45) is 0 Å². The van der Waals surface area contributed by atoms with Crippen molar-refractivity contribution in [1.29, 1.82) is 0 Å². The van der Waals surface area contributed by atoms with Crippen LogP contribution in [0.5, 0.6) is 0 Å². The number of alkyl halides is 3. The van der Waals surface area contributed by atoms with Crippen LogP contribution in [0.4, 0.5) is 19.0 Å². The van der Waals surface area contributed by atoms with E-state index in [-0.39, 0.29) is 17.6 Å². The van der Waals surface area contributed by atoms with E-state index in [9.17, 15) is 21.6 Å². The molecule has 0 bridgehead atoms. The molecular weight excluding hydrogens is 367 g/mol. The van der Waals surface area contributed by atoms with Crippen LogP contribution in [0.2, 0.25) is 0 Å². The Morgan fingerprint density at radius 2 is 2.21 bits per heavy atom. The van der Waals surface area contributed by atoms with Crippen LogP contribution >= 0.6 is 11.8 Å². The van der Waals surface area contributed by atoms with Crippen molar-refractivity contribution in [1.82, 2.24) is 9.71 Å². The Morgan fingerprint density at radius 3 is 2.75 bits per heavy atom. The summed E-state index contributed by atoms with van der Waals surface area (Å²) < 4.78 is 66.0. The first-order chi connectivity index (χ1) is 11.2. The van der Waals surface area contributed by atoms with Gasteiger partial charge in [-0.3, -0.25) is 0 Å². The van der Waals surface area contributed by atoms with Gasteiger partial charge in [-0.1, -0.05) is 0 Å². The summed E-state index contributed by atoms with van der Waals surface area (Å²) in [4.78, 5) is 4.74. The van der Waals surface area contributed by atoms with E-state index in [0.717, 1.165) is 12.6 Å². The number of aliphatic hydroxyl groups is 1. The molecule has 11 heteroatoms. The molecule has 0 aliphatic carbocycles. The smallest absolute Gasteiger partial charge is 0.395 e. The first-order valence-electron chi connectivity index (χ1n) is 7.14. The lowest BCUT2D eigenvalue weighted by molar-refractivity contribution is -0.137. The maximum atomic E-state index is 13.4. The van der Waals surface area contributed by atoms with Gasteiger partial charge in [0.2, 0.25) is 10.0 Å². The minimum absolute atomic E-state index is 0.225. The van der Waals surface area contributed by atoms with E-state index in [1.807, 2.05) is 11.0 Å². The number of nitrogens with one attached hydrogen (secondary N) is 1. The summed E-state index contributed by atoms with van der Waals surface area (Å²) in [5.41, 5.74) is -1.07. The van der Waals surface area contributed by atoms with Crippen molar-refractivity contribution in [3.8, 4) is 0 Å². The fourth-order valence-electron chi connectivity index (χ4n) is 2.42. The van der Waals surface area contributed by atoms with E-state index in [1.54, 1.807) is 11.8 Å². The second-order valence-corrected chi connectivity index (χ2v) is 8.16. The number of hydrogen-bond donors (Lipinski definition) is 2. The molecule has 0 radical (unpaired) electrons. The van der Waals surface area contributed by atoms with Crippen LogP contribution in [0.3, 0.4) is 0 Å². The third kappa shape index (κ3) is 4.32. The number of hydrogen-bond acceptors (Lipinski definition) is 6. The standard InChI is InChI=1S/C13H18F3N3O3S2/c1-23-9-2-4-19(8-9)12-11(13(14,15)16)6-10(7-17-12)24(21,22)18-3-5-20/h6-7,9,18,20H,2-5,8H2,1H3. The molecule has 2 rings (SSSR count).